The summed E-state index contributed by atoms with van der Waals surface area (Å²) in [6, 6.07) is 6.43. The molecule has 0 saturated heterocycles. The number of alkyl halides is 3. The van der Waals surface area contributed by atoms with Crippen molar-refractivity contribution >= 4 is 0 Å². The number of nitrogens with two attached hydrogens (primary N) is 1. The first-order valence-electron chi connectivity index (χ1n) is 9.82. The molecule has 5 rings (SSSR count). The molecule has 0 aliphatic heterocycles. The summed E-state index contributed by atoms with van der Waals surface area (Å²) >= 11 is 0. The number of benzene rings is 1. The van der Waals surface area contributed by atoms with E-state index in [1.807, 2.05) is 0 Å². The van der Waals surface area contributed by atoms with Gasteiger partial charge in [-0.1, -0.05) is 24.6 Å². The number of hydrogen-bond donors (Lipinski definition) is 1. The summed E-state index contributed by atoms with van der Waals surface area (Å²) in [4.78, 5) is 0. The first kappa shape index (κ1) is 17.4. The molecule has 4 aliphatic rings. The van der Waals surface area contributed by atoms with Gasteiger partial charge in [-0.05, 0) is 86.8 Å². The summed E-state index contributed by atoms with van der Waals surface area (Å²) in [5.74, 6) is 2.35. The normalized spacial score (nSPS) is 36.8. The molecule has 4 bridgehead atoms. The maximum Gasteiger partial charge on any atom is 0.416 e. The third-order valence-corrected chi connectivity index (χ3v) is 7.37. The minimum absolute atomic E-state index is 0.283. The highest BCUT2D eigenvalue weighted by atomic mass is 19.4. The fraction of sp³-hybridized carbons (Fsp3) is 0.714. The fourth-order valence-corrected chi connectivity index (χ4v) is 6.71. The molecule has 0 aromatic heterocycles. The third kappa shape index (κ3) is 2.81. The average molecular weight is 351 g/mol. The second-order valence-corrected chi connectivity index (χ2v) is 8.63. The van der Waals surface area contributed by atoms with E-state index in [0.29, 0.717) is 23.9 Å². The van der Waals surface area contributed by atoms with E-state index in [4.69, 9.17) is 5.73 Å². The molecule has 1 nitrogen and oxygen atoms in total. The SMILES string of the molecule is NCCCCC1(c2ccccc2C(F)(F)F)C2CC3CC(C2)CC1C3. The lowest BCUT2D eigenvalue weighted by molar-refractivity contribution is -0.141. The van der Waals surface area contributed by atoms with E-state index in [0.717, 1.165) is 56.8 Å². The van der Waals surface area contributed by atoms with E-state index in [1.54, 1.807) is 12.1 Å². The van der Waals surface area contributed by atoms with Crippen molar-refractivity contribution in [2.45, 2.75) is 63.0 Å². The zero-order chi connectivity index (χ0) is 17.7. The highest BCUT2D eigenvalue weighted by Crippen LogP contribution is 2.65. The van der Waals surface area contributed by atoms with Crippen LogP contribution >= 0.6 is 0 Å². The Bertz CT molecular complexity index is 594. The standard InChI is InChI=1S/C21H28F3N/c22-21(23,24)19-6-2-1-5-18(19)20(7-3-4-8-25)16-10-14-9-15(12-16)13-17(20)11-14/h1-2,5-6,14-17H,3-4,7-13,25H2. The van der Waals surface area contributed by atoms with Gasteiger partial charge in [-0.15, -0.1) is 0 Å². The van der Waals surface area contributed by atoms with Gasteiger partial charge < -0.3 is 5.73 Å². The first-order chi connectivity index (χ1) is 11.9. The number of hydrogen-bond acceptors (Lipinski definition) is 1. The topological polar surface area (TPSA) is 26.0 Å². The molecule has 4 aliphatic carbocycles. The van der Waals surface area contributed by atoms with Crippen LogP contribution in [0.1, 0.15) is 62.5 Å². The number of halogens is 3. The van der Waals surface area contributed by atoms with E-state index >= 15 is 0 Å². The Hall–Kier alpha value is -1.03. The Morgan fingerprint density at radius 3 is 2.08 bits per heavy atom. The maximum atomic E-state index is 13.8. The smallest absolute Gasteiger partial charge is 0.330 e. The van der Waals surface area contributed by atoms with E-state index in [2.05, 4.69) is 0 Å². The molecule has 1 aromatic carbocycles. The van der Waals surface area contributed by atoms with Crippen molar-refractivity contribution in [2.75, 3.05) is 6.54 Å². The van der Waals surface area contributed by atoms with Gasteiger partial charge in [0.1, 0.15) is 0 Å². The predicted octanol–water partition coefficient (Wildman–Crippen LogP) is 5.53. The lowest BCUT2D eigenvalue weighted by Gasteiger charge is -2.62. The second kappa shape index (κ2) is 6.29. The summed E-state index contributed by atoms with van der Waals surface area (Å²) in [5.41, 5.74) is 5.60. The van der Waals surface area contributed by atoms with Gasteiger partial charge in [0.25, 0.3) is 0 Å². The Morgan fingerprint density at radius 1 is 0.920 bits per heavy atom. The molecular weight excluding hydrogens is 323 g/mol. The van der Waals surface area contributed by atoms with Gasteiger partial charge in [0, 0.05) is 5.41 Å². The Kier molecular flexibility index (Phi) is 4.38. The van der Waals surface area contributed by atoms with E-state index in [9.17, 15) is 13.2 Å². The van der Waals surface area contributed by atoms with Gasteiger partial charge in [0.05, 0.1) is 5.56 Å². The first-order valence-corrected chi connectivity index (χ1v) is 9.82. The lowest BCUT2D eigenvalue weighted by Crippen LogP contribution is -2.56. The molecule has 0 atom stereocenters. The molecule has 138 valence electrons. The summed E-state index contributed by atoms with van der Waals surface area (Å²) < 4.78 is 41.4. The van der Waals surface area contributed by atoms with Crippen LogP contribution in [-0.4, -0.2) is 6.54 Å². The molecule has 4 fully saturated rings. The third-order valence-electron chi connectivity index (χ3n) is 7.37. The van der Waals surface area contributed by atoms with Gasteiger partial charge in [-0.25, -0.2) is 0 Å². The van der Waals surface area contributed by atoms with Gasteiger partial charge >= 0.3 is 6.18 Å². The van der Waals surface area contributed by atoms with Crippen molar-refractivity contribution in [1.29, 1.82) is 0 Å². The molecule has 4 saturated carbocycles. The molecule has 0 spiro atoms. The lowest BCUT2D eigenvalue weighted by atomic mass is 9.42. The van der Waals surface area contributed by atoms with E-state index < -0.39 is 11.7 Å². The van der Waals surface area contributed by atoms with E-state index in [-0.39, 0.29) is 5.41 Å². The van der Waals surface area contributed by atoms with Crippen LogP contribution in [0, 0.1) is 23.7 Å². The quantitative estimate of drug-likeness (QED) is 0.694. The predicted molar refractivity (Wildman–Crippen MR) is 93.1 cm³/mol. The van der Waals surface area contributed by atoms with Crippen LogP contribution in [0.3, 0.4) is 0 Å². The summed E-state index contributed by atoms with van der Waals surface area (Å²) in [6.45, 7) is 0.623. The van der Waals surface area contributed by atoms with Crippen molar-refractivity contribution in [3.8, 4) is 0 Å². The average Bonchev–Trinajstić information content (AvgIpc) is 2.56. The van der Waals surface area contributed by atoms with Crippen LogP contribution < -0.4 is 5.73 Å². The zero-order valence-electron chi connectivity index (χ0n) is 14.7. The summed E-state index contributed by atoms with van der Waals surface area (Å²) in [5, 5.41) is 0. The highest BCUT2D eigenvalue weighted by Gasteiger charge is 2.58. The molecule has 4 heteroatoms. The summed E-state index contributed by atoms with van der Waals surface area (Å²) in [6.07, 6.45) is 4.26. The van der Waals surface area contributed by atoms with Crippen LogP contribution in [0.5, 0.6) is 0 Å². The molecule has 0 unspecified atom stereocenters. The molecule has 0 heterocycles. The van der Waals surface area contributed by atoms with Crippen molar-refractivity contribution < 1.29 is 13.2 Å². The van der Waals surface area contributed by atoms with E-state index in [1.165, 1.54) is 18.6 Å². The van der Waals surface area contributed by atoms with Crippen molar-refractivity contribution in [1.82, 2.24) is 0 Å². The van der Waals surface area contributed by atoms with Crippen LogP contribution in [0.25, 0.3) is 0 Å². The monoisotopic (exact) mass is 351 g/mol. The van der Waals surface area contributed by atoms with Gasteiger partial charge in [-0.2, -0.15) is 13.2 Å². The number of unbranched alkanes of at least 4 members (excludes halogenated alkanes) is 1. The van der Waals surface area contributed by atoms with Crippen molar-refractivity contribution in [2.24, 2.45) is 29.4 Å². The van der Waals surface area contributed by atoms with Crippen molar-refractivity contribution in [3.05, 3.63) is 35.4 Å². The Balaban J connectivity index is 1.80. The molecule has 25 heavy (non-hydrogen) atoms. The minimum Gasteiger partial charge on any atom is -0.330 e. The highest BCUT2D eigenvalue weighted by molar-refractivity contribution is 5.39. The van der Waals surface area contributed by atoms with Crippen LogP contribution in [0.4, 0.5) is 13.2 Å². The minimum atomic E-state index is -4.27. The molecule has 0 radical (unpaired) electrons. The largest absolute Gasteiger partial charge is 0.416 e. The summed E-state index contributed by atoms with van der Waals surface area (Å²) in [7, 11) is 0. The molecule has 2 N–H and O–H groups in total. The molecular formula is C21H28F3N. The Labute approximate surface area is 148 Å². The molecule has 1 aromatic rings. The van der Waals surface area contributed by atoms with Crippen LogP contribution in [0.2, 0.25) is 0 Å². The van der Waals surface area contributed by atoms with Crippen LogP contribution in [-0.2, 0) is 11.6 Å². The maximum absolute atomic E-state index is 13.8. The zero-order valence-corrected chi connectivity index (χ0v) is 14.7. The molecule has 0 amide bonds. The Morgan fingerprint density at radius 2 is 1.52 bits per heavy atom. The second-order valence-electron chi connectivity index (χ2n) is 8.63. The fourth-order valence-electron chi connectivity index (χ4n) is 6.71. The number of rotatable bonds is 5. The van der Waals surface area contributed by atoms with Crippen molar-refractivity contribution in [3.63, 3.8) is 0 Å². The van der Waals surface area contributed by atoms with Gasteiger partial charge in [0.2, 0.25) is 0 Å². The van der Waals surface area contributed by atoms with Gasteiger partial charge in [0.15, 0.2) is 0 Å². The van der Waals surface area contributed by atoms with Gasteiger partial charge in [-0.3, -0.25) is 0 Å². The van der Waals surface area contributed by atoms with Crippen LogP contribution in [0.15, 0.2) is 24.3 Å².